The summed E-state index contributed by atoms with van der Waals surface area (Å²) in [5, 5.41) is 3.09. The molecule has 0 aliphatic carbocycles. The molecule has 2 aromatic heterocycles. The Kier molecular flexibility index (Phi) is 6.25. The van der Waals surface area contributed by atoms with Gasteiger partial charge in [-0.3, -0.25) is 0 Å². The number of hydrogen-bond donors (Lipinski definition) is 2. The molecule has 0 aromatic carbocycles. The van der Waals surface area contributed by atoms with Crippen LogP contribution < -0.4 is 11.1 Å². The summed E-state index contributed by atoms with van der Waals surface area (Å²) in [6, 6.07) is 6.05. The van der Waals surface area contributed by atoms with E-state index in [-0.39, 0.29) is 24.0 Å². The highest BCUT2D eigenvalue weighted by Crippen LogP contribution is 2.08. The predicted molar refractivity (Wildman–Crippen MR) is 93.5 cm³/mol. The van der Waals surface area contributed by atoms with Crippen molar-refractivity contribution >= 4 is 35.6 Å². The summed E-state index contributed by atoms with van der Waals surface area (Å²) in [6.07, 6.45) is 2.00. The molecule has 5 nitrogen and oxygen atoms in total. The van der Waals surface area contributed by atoms with Gasteiger partial charge in [0.25, 0.3) is 0 Å². The Hall–Kier alpha value is -1.31. The van der Waals surface area contributed by atoms with E-state index < -0.39 is 0 Å². The van der Waals surface area contributed by atoms with Gasteiger partial charge in [-0.25, -0.2) is 9.98 Å². The maximum atomic E-state index is 5.80. The van der Waals surface area contributed by atoms with Crippen LogP contribution in [0.15, 0.2) is 29.4 Å². The number of aliphatic imine (C=N–C) groups is 1. The van der Waals surface area contributed by atoms with Crippen LogP contribution in [-0.2, 0) is 6.54 Å². The van der Waals surface area contributed by atoms with E-state index in [0.717, 1.165) is 23.6 Å². The fraction of sp³-hybridized carbons (Fsp3) is 0.429. The number of rotatable bonds is 4. The lowest BCUT2D eigenvalue weighted by Crippen LogP contribution is -2.34. The van der Waals surface area contributed by atoms with Crippen molar-refractivity contribution in [2.24, 2.45) is 16.6 Å². The van der Waals surface area contributed by atoms with Gasteiger partial charge in [0.05, 0.1) is 12.2 Å². The zero-order valence-corrected chi connectivity index (χ0v) is 14.5. The molecule has 110 valence electrons. The minimum absolute atomic E-state index is 0. The summed E-state index contributed by atoms with van der Waals surface area (Å²) < 4.78 is 2.06. The molecule has 20 heavy (non-hydrogen) atoms. The van der Waals surface area contributed by atoms with Crippen LogP contribution in [0.25, 0.3) is 5.65 Å². The number of halogens is 1. The molecule has 0 spiro atoms. The van der Waals surface area contributed by atoms with Crippen LogP contribution in [0.1, 0.15) is 25.2 Å². The number of hydrogen-bond acceptors (Lipinski definition) is 2. The van der Waals surface area contributed by atoms with Crippen molar-refractivity contribution in [3.8, 4) is 0 Å². The SMILES string of the molecule is Cc1cccc2nc(CN=C(N)NCC(C)C)cn12.I. The standard InChI is InChI=1S/C14H21N5.HI/c1-10(2)7-16-14(15)17-8-12-9-19-11(3)5-4-6-13(19)18-12;/h4-6,9-10H,7-8H2,1-3H3,(H3,15,16,17);1H. The fourth-order valence-corrected chi connectivity index (χ4v) is 1.81. The molecule has 0 aliphatic rings. The molecular weight excluding hydrogens is 365 g/mol. The lowest BCUT2D eigenvalue weighted by atomic mass is 10.2. The molecule has 0 saturated heterocycles. The van der Waals surface area contributed by atoms with E-state index in [9.17, 15) is 0 Å². The van der Waals surface area contributed by atoms with Crippen molar-refractivity contribution in [1.82, 2.24) is 14.7 Å². The average molecular weight is 387 g/mol. The normalized spacial score (nSPS) is 11.7. The van der Waals surface area contributed by atoms with Crippen molar-refractivity contribution in [2.75, 3.05) is 6.54 Å². The molecule has 0 unspecified atom stereocenters. The molecule has 0 amide bonds. The molecule has 0 saturated carbocycles. The minimum Gasteiger partial charge on any atom is -0.370 e. The Bertz CT molecular complexity index is 588. The van der Waals surface area contributed by atoms with Gasteiger partial charge in [0.15, 0.2) is 5.96 Å². The monoisotopic (exact) mass is 387 g/mol. The highest BCUT2D eigenvalue weighted by molar-refractivity contribution is 14.0. The van der Waals surface area contributed by atoms with Gasteiger partial charge in [0.1, 0.15) is 5.65 Å². The van der Waals surface area contributed by atoms with Crippen LogP contribution in [0.3, 0.4) is 0 Å². The number of pyridine rings is 1. The number of aryl methyl sites for hydroxylation is 1. The Labute approximate surface area is 136 Å². The smallest absolute Gasteiger partial charge is 0.188 e. The first-order valence-electron chi connectivity index (χ1n) is 6.53. The highest BCUT2D eigenvalue weighted by Gasteiger charge is 2.02. The van der Waals surface area contributed by atoms with Gasteiger partial charge < -0.3 is 15.5 Å². The number of nitrogens with one attached hydrogen (secondary N) is 1. The van der Waals surface area contributed by atoms with Crippen molar-refractivity contribution in [1.29, 1.82) is 0 Å². The first-order valence-corrected chi connectivity index (χ1v) is 6.53. The van der Waals surface area contributed by atoms with E-state index in [1.807, 2.05) is 18.3 Å². The zero-order chi connectivity index (χ0) is 13.8. The molecule has 6 heteroatoms. The number of nitrogens with two attached hydrogens (primary N) is 1. The summed E-state index contributed by atoms with van der Waals surface area (Å²) in [5.41, 5.74) is 8.82. The van der Waals surface area contributed by atoms with E-state index in [0.29, 0.717) is 18.4 Å². The van der Waals surface area contributed by atoms with E-state index >= 15 is 0 Å². The molecular formula is C14H22IN5. The van der Waals surface area contributed by atoms with Crippen LogP contribution in [0.2, 0.25) is 0 Å². The van der Waals surface area contributed by atoms with E-state index in [1.165, 1.54) is 0 Å². The molecule has 0 radical (unpaired) electrons. The molecule has 0 fully saturated rings. The van der Waals surface area contributed by atoms with Gasteiger partial charge >= 0.3 is 0 Å². The first kappa shape index (κ1) is 16.7. The second-order valence-corrected chi connectivity index (χ2v) is 5.10. The van der Waals surface area contributed by atoms with Crippen molar-refractivity contribution in [3.63, 3.8) is 0 Å². The molecule has 0 atom stereocenters. The van der Waals surface area contributed by atoms with Crippen LogP contribution in [0, 0.1) is 12.8 Å². The number of aromatic nitrogens is 2. The Morgan fingerprint density at radius 1 is 1.45 bits per heavy atom. The quantitative estimate of drug-likeness (QED) is 0.481. The Morgan fingerprint density at radius 2 is 2.20 bits per heavy atom. The minimum atomic E-state index is 0. The second-order valence-electron chi connectivity index (χ2n) is 5.10. The second kappa shape index (κ2) is 7.47. The number of fused-ring (bicyclic) bond motifs is 1. The van der Waals surface area contributed by atoms with Crippen molar-refractivity contribution < 1.29 is 0 Å². The number of imidazole rings is 1. The van der Waals surface area contributed by atoms with E-state index in [1.54, 1.807) is 0 Å². The summed E-state index contributed by atoms with van der Waals surface area (Å²) in [7, 11) is 0. The first-order chi connectivity index (χ1) is 9.06. The van der Waals surface area contributed by atoms with Gasteiger partial charge in [0.2, 0.25) is 0 Å². The zero-order valence-electron chi connectivity index (χ0n) is 12.1. The highest BCUT2D eigenvalue weighted by atomic mass is 127. The van der Waals surface area contributed by atoms with Crippen LogP contribution in [0.4, 0.5) is 0 Å². The maximum Gasteiger partial charge on any atom is 0.188 e. The molecule has 2 heterocycles. The van der Waals surface area contributed by atoms with Crippen molar-refractivity contribution in [3.05, 3.63) is 35.8 Å². The van der Waals surface area contributed by atoms with E-state index in [2.05, 4.69) is 46.5 Å². The van der Waals surface area contributed by atoms with Gasteiger partial charge in [-0.15, -0.1) is 24.0 Å². The molecule has 2 aromatic rings. The van der Waals surface area contributed by atoms with Crippen LogP contribution in [0.5, 0.6) is 0 Å². The maximum absolute atomic E-state index is 5.80. The number of guanidine groups is 1. The summed E-state index contributed by atoms with van der Waals surface area (Å²) >= 11 is 0. The van der Waals surface area contributed by atoms with Gasteiger partial charge in [-0.1, -0.05) is 19.9 Å². The Balaban J connectivity index is 0.00000200. The van der Waals surface area contributed by atoms with Crippen LogP contribution in [-0.4, -0.2) is 21.9 Å². The summed E-state index contributed by atoms with van der Waals surface area (Å²) in [5.74, 6) is 1.02. The third-order valence-corrected chi connectivity index (χ3v) is 2.85. The van der Waals surface area contributed by atoms with Gasteiger partial charge in [0, 0.05) is 18.4 Å². The van der Waals surface area contributed by atoms with Gasteiger partial charge in [-0.05, 0) is 25.0 Å². The predicted octanol–water partition coefficient (Wildman–Crippen LogP) is 2.32. The third kappa shape index (κ3) is 4.36. The number of nitrogens with zero attached hydrogens (tertiary/aromatic N) is 3. The molecule has 0 bridgehead atoms. The lowest BCUT2D eigenvalue weighted by Gasteiger charge is -2.07. The largest absolute Gasteiger partial charge is 0.370 e. The average Bonchev–Trinajstić information content (AvgIpc) is 2.78. The summed E-state index contributed by atoms with van der Waals surface area (Å²) in [6.45, 7) is 7.65. The molecule has 3 N–H and O–H groups in total. The van der Waals surface area contributed by atoms with Gasteiger partial charge in [-0.2, -0.15) is 0 Å². The van der Waals surface area contributed by atoms with E-state index in [4.69, 9.17) is 5.73 Å². The Morgan fingerprint density at radius 3 is 2.85 bits per heavy atom. The third-order valence-electron chi connectivity index (χ3n) is 2.85. The lowest BCUT2D eigenvalue weighted by molar-refractivity contribution is 0.621. The molecule has 2 rings (SSSR count). The molecule has 0 aliphatic heterocycles. The topological polar surface area (TPSA) is 67.7 Å². The van der Waals surface area contributed by atoms with Crippen molar-refractivity contribution in [2.45, 2.75) is 27.3 Å². The summed E-state index contributed by atoms with van der Waals surface area (Å²) in [4.78, 5) is 8.81. The van der Waals surface area contributed by atoms with Crippen LogP contribution >= 0.6 is 24.0 Å². The fourth-order valence-electron chi connectivity index (χ4n) is 1.81.